The molecule has 0 bridgehead atoms. The van der Waals surface area contributed by atoms with Crippen LogP contribution in [0.15, 0.2) is 30.3 Å². The summed E-state index contributed by atoms with van der Waals surface area (Å²) in [5.74, 6) is -1.10. The fourth-order valence-corrected chi connectivity index (χ4v) is 1.89. The number of hydrogen-bond acceptors (Lipinski definition) is 4. The summed E-state index contributed by atoms with van der Waals surface area (Å²) in [6.07, 6.45) is 2.50. The molecule has 0 heterocycles. The summed E-state index contributed by atoms with van der Waals surface area (Å²) in [5, 5.41) is 7.60. The molecule has 8 heteroatoms. The molecular formula is C19H26FN3O4. The first-order valence-corrected chi connectivity index (χ1v) is 8.61. The van der Waals surface area contributed by atoms with Crippen LogP contribution in [-0.2, 0) is 14.3 Å². The van der Waals surface area contributed by atoms with E-state index in [1.54, 1.807) is 39.0 Å². The number of alkyl carbamates (subject to hydrolysis) is 1. The quantitative estimate of drug-likeness (QED) is 0.475. The Labute approximate surface area is 158 Å². The number of nitrogens with one attached hydrogen (secondary N) is 3. The van der Waals surface area contributed by atoms with E-state index in [4.69, 9.17) is 4.74 Å². The van der Waals surface area contributed by atoms with E-state index in [1.165, 1.54) is 18.2 Å². The van der Waals surface area contributed by atoms with Crippen LogP contribution in [0, 0.1) is 5.82 Å². The third-order valence-electron chi connectivity index (χ3n) is 3.09. The molecule has 7 nitrogen and oxygen atoms in total. The topological polar surface area (TPSA) is 96.5 Å². The molecule has 1 rings (SSSR count). The van der Waals surface area contributed by atoms with Crippen LogP contribution in [0.3, 0.4) is 0 Å². The molecule has 3 N–H and O–H groups in total. The Morgan fingerprint density at radius 3 is 2.41 bits per heavy atom. The van der Waals surface area contributed by atoms with Crippen LogP contribution in [0.2, 0.25) is 0 Å². The Hall–Kier alpha value is -2.90. The summed E-state index contributed by atoms with van der Waals surface area (Å²) in [7, 11) is 0. The summed E-state index contributed by atoms with van der Waals surface area (Å²) >= 11 is 0. The smallest absolute Gasteiger partial charge is 0.408 e. The molecule has 0 spiro atoms. The molecule has 148 valence electrons. The highest BCUT2D eigenvalue weighted by Crippen LogP contribution is 2.08. The molecule has 0 unspecified atom stereocenters. The van der Waals surface area contributed by atoms with Crippen molar-refractivity contribution in [3.05, 3.63) is 41.7 Å². The van der Waals surface area contributed by atoms with Gasteiger partial charge in [-0.15, -0.1) is 0 Å². The second-order valence-electron chi connectivity index (χ2n) is 6.70. The van der Waals surface area contributed by atoms with Crippen LogP contribution in [0.1, 0.15) is 32.8 Å². The Morgan fingerprint density at radius 2 is 1.74 bits per heavy atom. The average Bonchev–Trinajstić information content (AvgIpc) is 2.57. The van der Waals surface area contributed by atoms with Gasteiger partial charge in [0.1, 0.15) is 11.4 Å². The molecule has 0 atom stereocenters. The lowest BCUT2D eigenvalue weighted by atomic mass is 10.2. The number of ether oxygens (including phenoxy) is 1. The Kier molecular flexibility index (Phi) is 8.98. The number of amides is 3. The fraction of sp³-hybridized carbons (Fsp3) is 0.421. The van der Waals surface area contributed by atoms with Crippen LogP contribution in [0.4, 0.5) is 9.18 Å². The van der Waals surface area contributed by atoms with E-state index in [0.29, 0.717) is 25.1 Å². The summed E-state index contributed by atoms with van der Waals surface area (Å²) in [4.78, 5) is 34.6. The first kappa shape index (κ1) is 22.1. The normalized spacial score (nSPS) is 11.1. The lowest BCUT2D eigenvalue weighted by Crippen LogP contribution is -2.40. The van der Waals surface area contributed by atoms with E-state index in [1.807, 2.05) is 0 Å². The number of hydrogen-bond donors (Lipinski definition) is 3. The van der Waals surface area contributed by atoms with E-state index >= 15 is 0 Å². The minimum absolute atomic E-state index is 0.188. The van der Waals surface area contributed by atoms with Gasteiger partial charge in [-0.2, -0.15) is 0 Å². The van der Waals surface area contributed by atoms with Gasteiger partial charge in [0.15, 0.2) is 0 Å². The van der Waals surface area contributed by atoms with Crippen LogP contribution in [0.25, 0.3) is 6.08 Å². The van der Waals surface area contributed by atoms with Crippen molar-refractivity contribution in [1.29, 1.82) is 0 Å². The second kappa shape index (κ2) is 10.9. The minimum atomic E-state index is -0.661. The highest BCUT2D eigenvalue weighted by Gasteiger charge is 2.16. The number of halogens is 1. The van der Waals surface area contributed by atoms with E-state index in [0.717, 1.165) is 0 Å². The van der Waals surface area contributed by atoms with E-state index in [9.17, 15) is 18.8 Å². The zero-order valence-corrected chi connectivity index (χ0v) is 15.8. The van der Waals surface area contributed by atoms with Gasteiger partial charge in [-0.05, 0) is 39.3 Å². The standard InChI is InChI=1S/C19H26FN3O4/c1-19(2,3)27-18(26)23-13-17(25)22-12-6-11-21-16(24)10-9-14-7-4-5-8-15(14)20/h4-5,7-10H,6,11-13H2,1-3H3,(H,21,24)(H,22,25)(H,23,26)/b10-9+. The van der Waals surface area contributed by atoms with Gasteiger partial charge in [-0.3, -0.25) is 9.59 Å². The van der Waals surface area contributed by atoms with E-state index in [2.05, 4.69) is 16.0 Å². The van der Waals surface area contributed by atoms with Crippen molar-refractivity contribution in [2.75, 3.05) is 19.6 Å². The average molecular weight is 379 g/mol. The molecule has 0 aromatic heterocycles. The molecule has 27 heavy (non-hydrogen) atoms. The van der Waals surface area contributed by atoms with Crippen molar-refractivity contribution >= 4 is 24.0 Å². The molecule has 0 aliphatic heterocycles. The molecule has 1 aromatic rings. The molecule has 1 aromatic carbocycles. The maximum Gasteiger partial charge on any atom is 0.408 e. The van der Waals surface area contributed by atoms with Gasteiger partial charge < -0.3 is 20.7 Å². The highest BCUT2D eigenvalue weighted by atomic mass is 19.1. The molecule has 0 radical (unpaired) electrons. The van der Waals surface area contributed by atoms with Crippen molar-refractivity contribution < 1.29 is 23.5 Å². The molecular weight excluding hydrogens is 353 g/mol. The number of carbonyl (C=O) groups excluding carboxylic acids is 3. The summed E-state index contributed by atoms with van der Waals surface area (Å²) in [6, 6.07) is 6.14. The summed E-state index contributed by atoms with van der Waals surface area (Å²) in [6.45, 7) is 5.68. The predicted molar refractivity (Wildman–Crippen MR) is 100 cm³/mol. The van der Waals surface area contributed by atoms with Crippen LogP contribution >= 0.6 is 0 Å². The van der Waals surface area contributed by atoms with Gasteiger partial charge in [-0.25, -0.2) is 9.18 Å². The molecule has 0 aliphatic rings. The first-order chi connectivity index (χ1) is 12.7. The number of carbonyl (C=O) groups is 3. The SMILES string of the molecule is CC(C)(C)OC(=O)NCC(=O)NCCCNC(=O)/C=C/c1ccccc1F. The lowest BCUT2D eigenvalue weighted by Gasteiger charge is -2.19. The highest BCUT2D eigenvalue weighted by molar-refractivity contribution is 5.91. The van der Waals surface area contributed by atoms with E-state index < -0.39 is 17.5 Å². The van der Waals surface area contributed by atoms with Crippen LogP contribution < -0.4 is 16.0 Å². The van der Waals surface area contributed by atoms with Crippen molar-refractivity contribution in [3.8, 4) is 0 Å². The van der Waals surface area contributed by atoms with Gasteiger partial charge in [0, 0.05) is 24.7 Å². The minimum Gasteiger partial charge on any atom is -0.444 e. The first-order valence-electron chi connectivity index (χ1n) is 8.61. The van der Waals surface area contributed by atoms with Gasteiger partial charge in [0.25, 0.3) is 0 Å². The maximum atomic E-state index is 13.4. The molecule has 0 saturated heterocycles. The molecule has 0 fully saturated rings. The maximum absolute atomic E-state index is 13.4. The molecule has 3 amide bonds. The fourth-order valence-electron chi connectivity index (χ4n) is 1.89. The van der Waals surface area contributed by atoms with Gasteiger partial charge in [0.05, 0.1) is 6.54 Å². The van der Waals surface area contributed by atoms with Crippen molar-refractivity contribution in [2.45, 2.75) is 32.8 Å². The van der Waals surface area contributed by atoms with Gasteiger partial charge >= 0.3 is 6.09 Å². The Bertz CT molecular complexity index is 684. The number of benzene rings is 1. The van der Waals surface area contributed by atoms with Gasteiger partial charge in [0.2, 0.25) is 11.8 Å². The largest absolute Gasteiger partial charge is 0.444 e. The predicted octanol–water partition coefficient (Wildman–Crippen LogP) is 1.99. The molecule has 0 saturated carbocycles. The zero-order valence-electron chi connectivity index (χ0n) is 15.8. The van der Waals surface area contributed by atoms with Crippen molar-refractivity contribution in [1.82, 2.24) is 16.0 Å². The van der Waals surface area contributed by atoms with Crippen molar-refractivity contribution in [3.63, 3.8) is 0 Å². The lowest BCUT2D eigenvalue weighted by molar-refractivity contribution is -0.120. The Morgan fingerprint density at radius 1 is 1.07 bits per heavy atom. The second-order valence-corrected chi connectivity index (χ2v) is 6.70. The summed E-state index contributed by atoms with van der Waals surface area (Å²) < 4.78 is 18.4. The van der Waals surface area contributed by atoms with Gasteiger partial charge in [-0.1, -0.05) is 18.2 Å². The Balaban J connectivity index is 2.14. The van der Waals surface area contributed by atoms with Crippen molar-refractivity contribution in [2.24, 2.45) is 0 Å². The monoisotopic (exact) mass is 379 g/mol. The van der Waals surface area contributed by atoms with Crippen LogP contribution in [0.5, 0.6) is 0 Å². The molecule has 0 aliphatic carbocycles. The third kappa shape index (κ3) is 10.6. The third-order valence-corrected chi connectivity index (χ3v) is 3.09. The number of rotatable bonds is 8. The van der Waals surface area contributed by atoms with Crippen LogP contribution in [-0.4, -0.2) is 43.1 Å². The van der Waals surface area contributed by atoms with E-state index in [-0.39, 0.29) is 18.4 Å². The summed E-state index contributed by atoms with van der Waals surface area (Å²) in [5.41, 5.74) is -0.295. The zero-order chi connectivity index (χ0) is 20.3.